The van der Waals surface area contributed by atoms with Gasteiger partial charge in [0.05, 0.1) is 5.92 Å². The van der Waals surface area contributed by atoms with Crippen molar-refractivity contribution in [3.05, 3.63) is 33.7 Å². The van der Waals surface area contributed by atoms with Crippen molar-refractivity contribution in [3.63, 3.8) is 0 Å². The van der Waals surface area contributed by atoms with Crippen LogP contribution in [0.15, 0.2) is 16.9 Å². The monoisotopic (exact) mass is 266 g/mol. The number of pyridine rings is 1. The third kappa shape index (κ3) is 4.57. The van der Waals surface area contributed by atoms with Crippen LogP contribution in [-0.4, -0.2) is 28.5 Å². The summed E-state index contributed by atoms with van der Waals surface area (Å²) in [6, 6.07) is 3.13. The smallest absolute Gasteiger partial charge is 0.306 e. The van der Waals surface area contributed by atoms with Crippen LogP contribution in [-0.2, 0) is 4.79 Å². The van der Waals surface area contributed by atoms with E-state index in [2.05, 4.69) is 10.3 Å². The molecule has 0 aromatic carbocycles. The normalized spacial score (nSPS) is 11.9. The number of aromatic nitrogens is 1. The Hall–Kier alpha value is -2.11. The largest absolute Gasteiger partial charge is 0.481 e. The molecule has 0 bridgehead atoms. The molecule has 1 unspecified atom stereocenters. The first-order valence-electron chi connectivity index (χ1n) is 6.12. The van der Waals surface area contributed by atoms with Gasteiger partial charge in [-0.3, -0.25) is 14.4 Å². The van der Waals surface area contributed by atoms with Crippen LogP contribution in [0.5, 0.6) is 0 Å². The number of carboxylic acid groups (broad SMARTS) is 1. The van der Waals surface area contributed by atoms with Gasteiger partial charge in [0.1, 0.15) is 5.56 Å². The molecule has 1 aromatic rings. The number of amides is 1. The average molecular weight is 266 g/mol. The molecule has 0 saturated carbocycles. The Morgan fingerprint density at radius 1 is 1.42 bits per heavy atom. The molecule has 0 aliphatic carbocycles. The van der Waals surface area contributed by atoms with Gasteiger partial charge < -0.3 is 15.4 Å². The molecule has 1 rings (SSSR count). The van der Waals surface area contributed by atoms with Crippen LogP contribution in [0.25, 0.3) is 0 Å². The summed E-state index contributed by atoms with van der Waals surface area (Å²) in [6.07, 6.45) is 1.04. The quantitative estimate of drug-likeness (QED) is 0.666. The lowest BCUT2D eigenvalue weighted by atomic mass is 10.1. The molecule has 19 heavy (non-hydrogen) atoms. The summed E-state index contributed by atoms with van der Waals surface area (Å²) in [5.74, 6) is -1.72. The van der Waals surface area contributed by atoms with Gasteiger partial charge in [-0.05, 0) is 31.9 Å². The van der Waals surface area contributed by atoms with Crippen molar-refractivity contribution >= 4 is 11.9 Å². The molecular formula is C13H18N2O4. The zero-order valence-corrected chi connectivity index (χ0v) is 11.0. The molecule has 6 heteroatoms. The standard InChI is InChI=1S/C13H18N2O4/c1-8(13(18)19)4-3-7-14-11(16)10-6-5-9(2)15-12(10)17/h5-6,8H,3-4,7H2,1-2H3,(H,14,16)(H,15,17)(H,18,19). The number of aromatic amines is 1. The fourth-order valence-corrected chi connectivity index (χ4v) is 1.58. The highest BCUT2D eigenvalue weighted by Gasteiger charge is 2.12. The molecule has 0 saturated heterocycles. The van der Waals surface area contributed by atoms with Gasteiger partial charge in [-0.1, -0.05) is 6.92 Å². The third-order valence-corrected chi connectivity index (χ3v) is 2.82. The Balaban J connectivity index is 2.44. The Morgan fingerprint density at radius 3 is 2.68 bits per heavy atom. The van der Waals surface area contributed by atoms with Crippen LogP contribution in [0.1, 0.15) is 35.8 Å². The third-order valence-electron chi connectivity index (χ3n) is 2.82. The number of H-pyrrole nitrogens is 1. The first-order chi connectivity index (χ1) is 8.91. The van der Waals surface area contributed by atoms with E-state index < -0.39 is 23.4 Å². The Bertz CT molecular complexity index is 522. The summed E-state index contributed by atoms with van der Waals surface area (Å²) < 4.78 is 0. The number of rotatable bonds is 6. The molecule has 0 aliphatic rings. The number of hydrogen-bond acceptors (Lipinski definition) is 3. The zero-order chi connectivity index (χ0) is 14.4. The summed E-state index contributed by atoms with van der Waals surface area (Å²) in [5, 5.41) is 11.3. The molecule has 1 atom stereocenters. The fourth-order valence-electron chi connectivity index (χ4n) is 1.58. The molecule has 3 N–H and O–H groups in total. The summed E-state index contributed by atoms with van der Waals surface area (Å²) in [5.41, 5.74) is 0.338. The zero-order valence-electron chi connectivity index (χ0n) is 11.0. The Kier molecular flexibility index (Phi) is 5.29. The molecule has 1 heterocycles. The number of carboxylic acids is 1. The predicted octanol–water partition coefficient (Wildman–Crippen LogP) is 0.914. The van der Waals surface area contributed by atoms with Crippen LogP contribution in [0.2, 0.25) is 0 Å². The lowest BCUT2D eigenvalue weighted by Crippen LogP contribution is -2.30. The summed E-state index contributed by atoms with van der Waals surface area (Å²) in [7, 11) is 0. The van der Waals surface area contributed by atoms with Gasteiger partial charge in [-0.15, -0.1) is 0 Å². The van der Waals surface area contributed by atoms with Crippen LogP contribution in [0, 0.1) is 12.8 Å². The Labute approximate surface area is 110 Å². The molecule has 0 aliphatic heterocycles. The summed E-state index contributed by atoms with van der Waals surface area (Å²) in [4.78, 5) is 36.4. The molecule has 0 fully saturated rings. The van der Waals surface area contributed by atoms with E-state index in [4.69, 9.17) is 5.11 Å². The second-order valence-corrected chi connectivity index (χ2v) is 4.52. The highest BCUT2D eigenvalue weighted by Crippen LogP contribution is 2.04. The van der Waals surface area contributed by atoms with E-state index in [1.165, 1.54) is 6.07 Å². The van der Waals surface area contributed by atoms with Gasteiger partial charge in [0.15, 0.2) is 0 Å². The van der Waals surface area contributed by atoms with Crippen molar-refractivity contribution in [3.8, 4) is 0 Å². The second-order valence-electron chi connectivity index (χ2n) is 4.52. The molecule has 1 aromatic heterocycles. The minimum absolute atomic E-state index is 0.0666. The van der Waals surface area contributed by atoms with Gasteiger partial charge in [0.2, 0.25) is 0 Å². The van der Waals surface area contributed by atoms with E-state index in [-0.39, 0.29) is 5.56 Å². The van der Waals surface area contributed by atoms with Crippen LogP contribution in [0.3, 0.4) is 0 Å². The number of hydrogen-bond donors (Lipinski definition) is 3. The number of nitrogens with one attached hydrogen (secondary N) is 2. The number of aryl methyl sites for hydroxylation is 1. The highest BCUT2D eigenvalue weighted by molar-refractivity contribution is 5.93. The molecular weight excluding hydrogens is 248 g/mol. The molecule has 6 nitrogen and oxygen atoms in total. The molecule has 1 amide bonds. The van der Waals surface area contributed by atoms with Crippen molar-refractivity contribution in [2.75, 3.05) is 6.54 Å². The number of carbonyl (C=O) groups is 2. The van der Waals surface area contributed by atoms with E-state index >= 15 is 0 Å². The molecule has 0 spiro atoms. The van der Waals surface area contributed by atoms with Crippen molar-refractivity contribution in [1.29, 1.82) is 0 Å². The van der Waals surface area contributed by atoms with E-state index in [1.807, 2.05) is 0 Å². The van der Waals surface area contributed by atoms with Gasteiger partial charge in [-0.2, -0.15) is 0 Å². The van der Waals surface area contributed by atoms with Crippen molar-refractivity contribution < 1.29 is 14.7 Å². The highest BCUT2D eigenvalue weighted by atomic mass is 16.4. The van der Waals surface area contributed by atoms with Gasteiger partial charge in [-0.25, -0.2) is 0 Å². The molecule has 104 valence electrons. The maximum Gasteiger partial charge on any atom is 0.306 e. The summed E-state index contributed by atoms with van der Waals surface area (Å²) >= 11 is 0. The topological polar surface area (TPSA) is 99.3 Å². The van der Waals surface area contributed by atoms with E-state index in [0.717, 1.165) is 0 Å². The first-order valence-corrected chi connectivity index (χ1v) is 6.12. The first kappa shape index (κ1) is 14.9. The van der Waals surface area contributed by atoms with E-state index in [0.29, 0.717) is 25.1 Å². The van der Waals surface area contributed by atoms with Gasteiger partial charge in [0, 0.05) is 12.2 Å². The average Bonchev–Trinajstić information content (AvgIpc) is 2.33. The van der Waals surface area contributed by atoms with Crippen molar-refractivity contribution in [1.82, 2.24) is 10.3 Å². The second kappa shape index (κ2) is 6.72. The molecule has 0 radical (unpaired) electrons. The SMILES string of the molecule is Cc1ccc(C(=O)NCCCC(C)C(=O)O)c(=O)[nH]1. The van der Waals surface area contributed by atoms with Crippen LogP contribution < -0.4 is 10.9 Å². The minimum Gasteiger partial charge on any atom is -0.481 e. The van der Waals surface area contributed by atoms with E-state index in [1.54, 1.807) is 19.9 Å². The van der Waals surface area contributed by atoms with E-state index in [9.17, 15) is 14.4 Å². The summed E-state index contributed by atoms with van der Waals surface area (Å²) in [6.45, 7) is 3.70. The maximum absolute atomic E-state index is 11.7. The van der Waals surface area contributed by atoms with Gasteiger partial charge >= 0.3 is 5.97 Å². The minimum atomic E-state index is -0.846. The predicted molar refractivity (Wildman–Crippen MR) is 70.2 cm³/mol. The van der Waals surface area contributed by atoms with Crippen molar-refractivity contribution in [2.24, 2.45) is 5.92 Å². The number of aliphatic carboxylic acids is 1. The van der Waals surface area contributed by atoms with Crippen LogP contribution >= 0.6 is 0 Å². The van der Waals surface area contributed by atoms with Crippen molar-refractivity contribution in [2.45, 2.75) is 26.7 Å². The fraction of sp³-hybridized carbons (Fsp3) is 0.462. The lowest BCUT2D eigenvalue weighted by Gasteiger charge is -2.07. The lowest BCUT2D eigenvalue weighted by molar-refractivity contribution is -0.141. The van der Waals surface area contributed by atoms with Crippen LogP contribution in [0.4, 0.5) is 0 Å². The Morgan fingerprint density at radius 2 is 2.11 bits per heavy atom. The maximum atomic E-state index is 11.7. The number of carbonyl (C=O) groups excluding carboxylic acids is 1. The van der Waals surface area contributed by atoms with Gasteiger partial charge in [0.25, 0.3) is 11.5 Å².